The molecule has 2 aromatic heterocycles. The lowest BCUT2D eigenvalue weighted by molar-refractivity contribution is -0.123. The Kier molecular flexibility index (Phi) is 6.92. The molecule has 1 saturated carbocycles. The number of rotatable bonds is 6. The Bertz CT molecular complexity index is 1150. The van der Waals surface area contributed by atoms with Gasteiger partial charge in [0, 0.05) is 62.0 Å². The summed E-state index contributed by atoms with van der Waals surface area (Å²) >= 11 is 0. The van der Waals surface area contributed by atoms with E-state index >= 15 is 0 Å². The summed E-state index contributed by atoms with van der Waals surface area (Å²) in [6.07, 6.45) is 9.08. The van der Waals surface area contributed by atoms with Crippen molar-refractivity contribution in [3.05, 3.63) is 54.5 Å². The molecule has 7 heteroatoms. The number of aromatic nitrogens is 3. The van der Waals surface area contributed by atoms with Gasteiger partial charge in [-0.2, -0.15) is 0 Å². The van der Waals surface area contributed by atoms with Crippen LogP contribution in [0.1, 0.15) is 31.5 Å². The Morgan fingerprint density at radius 2 is 1.79 bits per heavy atom. The summed E-state index contributed by atoms with van der Waals surface area (Å²) in [5.41, 5.74) is 2.30. The van der Waals surface area contributed by atoms with Crippen molar-refractivity contribution in [1.82, 2.24) is 24.8 Å². The highest BCUT2D eigenvalue weighted by Crippen LogP contribution is 2.31. The van der Waals surface area contributed by atoms with Gasteiger partial charge in [-0.3, -0.25) is 9.78 Å². The van der Waals surface area contributed by atoms with Gasteiger partial charge in [0.15, 0.2) is 0 Å². The van der Waals surface area contributed by atoms with E-state index in [-0.39, 0.29) is 23.9 Å². The van der Waals surface area contributed by atoms with Crippen LogP contribution < -0.4 is 0 Å². The van der Waals surface area contributed by atoms with Crippen LogP contribution in [0.25, 0.3) is 22.0 Å². The van der Waals surface area contributed by atoms with E-state index in [0.717, 1.165) is 68.3 Å². The minimum absolute atomic E-state index is 0.118. The number of nitrogens with zero attached hydrogens (tertiary/aromatic N) is 5. The van der Waals surface area contributed by atoms with Gasteiger partial charge in [0.1, 0.15) is 17.4 Å². The first kappa shape index (κ1) is 23.0. The molecular formula is C27H32FN5O. The normalized spacial score (nSPS) is 22.2. The number of ketones is 1. The fraction of sp³-hybridized carbons (Fsp3) is 0.481. The van der Waals surface area contributed by atoms with E-state index in [9.17, 15) is 9.18 Å². The largest absolute Gasteiger partial charge is 0.304 e. The SMILES string of the molecule is CN1CCN(CC2CCC(C(=O)Cc3ncc4ccc(-c5cncc(F)c5)cc4n3)CC2)CC1. The Balaban J connectivity index is 1.19. The Morgan fingerprint density at radius 3 is 2.56 bits per heavy atom. The monoisotopic (exact) mass is 461 g/mol. The predicted octanol–water partition coefficient (Wildman–Crippen LogP) is 4.00. The molecule has 34 heavy (non-hydrogen) atoms. The first-order valence-electron chi connectivity index (χ1n) is 12.3. The van der Waals surface area contributed by atoms with Crippen molar-refractivity contribution in [3.63, 3.8) is 0 Å². The van der Waals surface area contributed by atoms with Crippen LogP contribution in [0.3, 0.4) is 0 Å². The molecule has 0 N–H and O–H groups in total. The molecule has 3 aromatic rings. The summed E-state index contributed by atoms with van der Waals surface area (Å²) in [5.74, 6) is 1.27. The molecule has 0 amide bonds. The summed E-state index contributed by atoms with van der Waals surface area (Å²) < 4.78 is 13.6. The van der Waals surface area contributed by atoms with Crippen LogP contribution in [0.5, 0.6) is 0 Å². The zero-order valence-electron chi connectivity index (χ0n) is 19.8. The first-order chi connectivity index (χ1) is 16.5. The molecule has 2 fully saturated rings. The van der Waals surface area contributed by atoms with Crippen LogP contribution in [-0.4, -0.2) is 70.3 Å². The van der Waals surface area contributed by atoms with E-state index < -0.39 is 0 Å². The summed E-state index contributed by atoms with van der Waals surface area (Å²) in [6.45, 7) is 5.80. The molecule has 0 bridgehead atoms. The number of pyridine rings is 1. The topological polar surface area (TPSA) is 62.2 Å². The van der Waals surface area contributed by atoms with E-state index in [2.05, 4.69) is 31.8 Å². The Labute approximate surface area is 200 Å². The quantitative estimate of drug-likeness (QED) is 0.553. The molecule has 0 unspecified atom stereocenters. The van der Waals surface area contributed by atoms with Gasteiger partial charge in [-0.1, -0.05) is 12.1 Å². The van der Waals surface area contributed by atoms with Crippen molar-refractivity contribution in [2.45, 2.75) is 32.1 Å². The first-order valence-corrected chi connectivity index (χ1v) is 12.3. The Morgan fingerprint density at radius 1 is 1.00 bits per heavy atom. The second-order valence-corrected chi connectivity index (χ2v) is 9.92. The minimum Gasteiger partial charge on any atom is -0.304 e. The molecule has 1 saturated heterocycles. The number of hydrogen-bond donors (Lipinski definition) is 0. The molecule has 2 aliphatic rings. The van der Waals surface area contributed by atoms with E-state index in [4.69, 9.17) is 0 Å². The van der Waals surface area contributed by atoms with Crippen LogP contribution >= 0.6 is 0 Å². The lowest BCUT2D eigenvalue weighted by Gasteiger charge is -2.36. The van der Waals surface area contributed by atoms with Crippen molar-refractivity contribution in [3.8, 4) is 11.1 Å². The van der Waals surface area contributed by atoms with E-state index in [1.54, 1.807) is 12.4 Å². The number of fused-ring (bicyclic) bond motifs is 1. The van der Waals surface area contributed by atoms with E-state index in [1.165, 1.54) is 18.8 Å². The molecule has 0 radical (unpaired) electrons. The van der Waals surface area contributed by atoms with Gasteiger partial charge in [0.2, 0.25) is 0 Å². The van der Waals surface area contributed by atoms with Gasteiger partial charge in [-0.05, 0) is 56.3 Å². The van der Waals surface area contributed by atoms with Crippen LogP contribution in [0, 0.1) is 17.7 Å². The molecule has 6 nitrogen and oxygen atoms in total. The van der Waals surface area contributed by atoms with Crippen molar-refractivity contribution in [2.24, 2.45) is 11.8 Å². The summed E-state index contributed by atoms with van der Waals surface area (Å²) in [5, 5.41) is 0.897. The lowest BCUT2D eigenvalue weighted by atomic mass is 9.79. The molecule has 0 spiro atoms. The fourth-order valence-electron chi connectivity index (χ4n) is 5.26. The minimum atomic E-state index is -0.371. The predicted molar refractivity (Wildman–Crippen MR) is 131 cm³/mol. The zero-order valence-corrected chi connectivity index (χ0v) is 19.8. The maximum atomic E-state index is 13.6. The third-order valence-corrected chi connectivity index (χ3v) is 7.42. The number of carbonyl (C=O) groups is 1. The number of piperazine rings is 1. The number of likely N-dealkylation sites (N-methyl/N-ethyl adjacent to an activating group) is 1. The second-order valence-electron chi connectivity index (χ2n) is 9.92. The summed E-state index contributed by atoms with van der Waals surface area (Å²) in [7, 11) is 2.19. The van der Waals surface area contributed by atoms with E-state index in [0.29, 0.717) is 17.3 Å². The maximum Gasteiger partial charge on any atom is 0.143 e. The van der Waals surface area contributed by atoms with Crippen LogP contribution in [0.15, 0.2) is 42.9 Å². The van der Waals surface area contributed by atoms with Gasteiger partial charge < -0.3 is 9.80 Å². The third kappa shape index (κ3) is 5.47. The van der Waals surface area contributed by atoms with Crippen molar-refractivity contribution < 1.29 is 9.18 Å². The van der Waals surface area contributed by atoms with Crippen molar-refractivity contribution in [2.75, 3.05) is 39.8 Å². The zero-order chi connectivity index (χ0) is 23.5. The molecule has 0 atom stereocenters. The van der Waals surface area contributed by atoms with Gasteiger partial charge in [0.25, 0.3) is 0 Å². The molecule has 1 aliphatic heterocycles. The number of halogens is 1. The second kappa shape index (κ2) is 10.2. The number of hydrogen-bond acceptors (Lipinski definition) is 6. The van der Waals surface area contributed by atoms with Crippen LogP contribution in [-0.2, 0) is 11.2 Å². The number of benzene rings is 1. The van der Waals surface area contributed by atoms with Crippen molar-refractivity contribution >= 4 is 16.7 Å². The van der Waals surface area contributed by atoms with Crippen LogP contribution in [0.4, 0.5) is 4.39 Å². The highest BCUT2D eigenvalue weighted by Gasteiger charge is 2.28. The highest BCUT2D eigenvalue weighted by molar-refractivity contribution is 5.85. The number of Topliss-reactive ketones (excluding diaryl/α,β-unsaturated/α-hetero) is 1. The number of carbonyl (C=O) groups excluding carboxylic acids is 1. The van der Waals surface area contributed by atoms with Crippen LogP contribution in [0.2, 0.25) is 0 Å². The molecular weight excluding hydrogens is 429 g/mol. The Hall–Kier alpha value is -2.77. The fourth-order valence-corrected chi connectivity index (χ4v) is 5.26. The molecule has 3 heterocycles. The molecule has 1 aliphatic carbocycles. The molecule has 5 rings (SSSR count). The summed E-state index contributed by atoms with van der Waals surface area (Å²) in [6, 6.07) is 7.20. The van der Waals surface area contributed by atoms with Gasteiger partial charge in [-0.15, -0.1) is 0 Å². The average molecular weight is 462 g/mol. The smallest absolute Gasteiger partial charge is 0.143 e. The van der Waals surface area contributed by atoms with E-state index in [1.807, 2.05) is 18.2 Å². The molecule has 178 valence electrons. The molecule has 1 aromatic carbocycles. The third-order valence-electron chi connectivity index (χ3n) is 7.42. The van der Waals surface area contributed by atoms with Gasteiger partial charge >= 0.3 is 0 Å². The summed E-state index contributed by atoms with van der Waals surface area (Å²) in [4.78, 5) is 31.0. The maximum absolute atomic E-state index is 13.6. The average Bonchev–Trinajstić information content (AvgIpc) is 2.85. The van der Waals surface area contributed by atoms with Crippen molar-refractivity contribution in [1.29, 1.82) is 0 Å². The standard InChI is InChI=1S/C27H32FN5O/c1-32-8-10-33(11-9-32)18-19-2-4-20(5-3-19)26(34)14-27-30-16-22-7-6-21(13-25(22)31-27)23-12-24(28)17-29-15-23/h6-7,12-13,15-17,19-20H,2-5,8-11,14,18H2,1H3. The highest BCUT2D eigenvalue weighted by atomic mass is 19.1. The lowest BCUT2D eigenvalue weighted by Crippen LogP contribution is -2.46. The van der Waals surface area contributed by atoms with Gasteiger partial charge in [-0.25, -0.2) is 14.4 Å². The van der Waals surface area contributed by atoms with Gasteiger partial charge in [0.05, 0.1) is 18.1 Å².